The number of hydrogen-bond acceptors (Lipinski definition) is 6. The summed E-state index contributed by atoms with van der Waals surface area (Å²) in [6, 6.07) is 11.5. The second kappa shape index (κ2) is 4.05. The molecule has 0 unspecified atom stereocenters. The van der Waals surface area contributed by atoms with Crippen LogP contribution in [0.3, 0.4) is 0 Å². The van der Waals surface area contributed by atoms with E-state index >= 15 is 0 Å². The number of oxazole rings is 1. The lowest BCUT2D eigenvalue weighted by molar-refractivity contribution is 0.594. The molecule has 7 nitrogen and oxygen atoms in total. The van der Waals surface area contributed by atoms with Crippen LogP contribution in [0.4, 0.5) is 5.82 Å². The minimum atomic E-state index is 0.209. The fourth-order valence-electron chi connectivity index (χ4n) is 2.17. The van der Waals surface area contributed by atoms with Crippen LogP contribution in [-0.4, -0.2) is 19.6 Å². The van der Waals surface area contributed by atoms with Crippen LogP contribution < -0.4 is 5.73 Å². The van der Waals surface area contributed by atoms with Crippen LogP contribution in [0.25, 0.3) is 28.3 Å². The summed E-state index contributed by atoms with van der Waals surface area (Å²) in [6.07, 6.45) is 1.42. The summed E-state index contributed by atoms with van der Waals surface area (Å²) < 4.78 is 7.20. The van der Waals surface area contributed by atoms with Crippen LogP contribution in [0.1, 0.15) is 5.56 Å². The maximum Gasteiger partial charge on any atom is 0.254 e. The lowest BCUT2D eigenvalue weighted by Gasteiger charge is -1.96. The lowest BCUT2D eigenvalue weighted by Crippen LogP contribution is -1.98. The van der Waals surface area contributed by atoms with Gasteiger partial charge >= 0.3 is 0 Å². The fourth-order valence-corrected chi connectivity index (χ4v) is 2.17. The number of rotatable bonds is 1. The Kier molecular flexibility index (Phi) is 2.20. The monoisotopic (exact) mass is 276 g/mol. The number of nitrogen functional groups attached to an aromatic ring is 1. The van der Waals surface area contributed by atoms with E-state index in [0.717, 1.165) is 5.56 Å². The molecule has 7 heteroatoms. The smallest absolute Gasteiger partial charge is 0.254 e. The van der Waals surface area contributed by atoms with Crippen LogP contribution in [0.2, 0.25) is 0 Å². The Hall–Kier alpha value is -3.40. The van der Waals surface area contributed by atoms with Gasteiger partial charge in [0, 0.05) is 5.56 Å². The molecule has 0 amide bonds. The van der Waals surface area contributed by atoms with Gasteiger partial charge in [0.15, 0.2) is 17.0 Å². The molecule has 21 heavy (non-hydrogen) atoms. The minimum absolute atomic E-state index is 0.209. The predicted molar refractivity (Wildman–Crippen MR) is 75.1 cm³/mol. The molecule has 3 heterocycles. The second-order valence-electron chi connectivity index (χ2n) is 4.44. The van der Waals surface area contributed by atoms with E-state index in [-0.39, 0.29) is 5.82 Å². The molecule has 1 aromatic carbocycles. The SMILES string of the molecule is N#Cc1cnn2c1nc(N)c1nc(-c3ccccc3)oc12. The van der Waals surface area contributed by atoms with E-state index in [1.165, 1.54) is 10.7 Å². The van der Waals surface area contributed by atoms with Crippen molar-refractivity contribution in [3.63, 3.8) is 0 Å². The summed E-state index contributed by atoms with van der Waals surface area (Å²) in [5.74, 6) is 0.640. The molecule has 2 N–H and O–H groups in total. The highest BCUT2D eigenvalue weighted by Crippen LogP contribution is 2.27. The third-order valence-corrected chi connectivity index (χ3v) is 3.16. The Labute approximate surface area is 118 Å². The van der Waals surface area contributed by atoms with E-state index in [2.05, 4.69) is 15.1 Å². The quantitative estimate of drug-likeness (QED) is 0.569. The maximum absolute atomic E-state index is 9.04. The van der Waals surface area contributed by atoms with Crippen molar-refractivity contribution in [1.29, 1.82) is 5.26 Å². The highest BCUT2D eigenvalue weighted by atomic mass is 16.4. The molecule has 0 aliphatic heterocycles. The van der Waals surface area contributed by atoms with Gasteiger partial charge < -0.3 is 10.2 Å². The normalized spacial score (nSPS) is 11.0. The zero-order chi connectivity index (χ0) is 14.4. The lowest BCUT2D eigenvalue weighted by atomic mass is 10.2. The van der Waals surface area contributed by atoms with Gasteiger partial charge in [-0.3, -0.25) is 0 Å². The van der Waals surface area contributed by atoms with Crippen molar-refractivity contribution in [1.82, 2.24) is 19.6 Å². The van der Waals surface area contributed by atoms with Crippen LogP contribution in [-0.2, 0) is 0 Å². The van der Waals surface area contributed by atoms with Gasteiger partial charge in [-0.25, -0.2) is 9.97 Å². The van der Waals surface area contributed by atoms with Crippen LogP contribution in [0.5, 0.6) is 0 Å². The van der Waals surface area contributed by atoms with E-state index in [1.807, 2.05) is 36.4 Å². The Morgan fingerprint density at radius 1 is 1.19 bits per heavy atom. The molecule has 100 valence electrons. The van der Waals surface area contributed by atoms with Crippen molar-refractivity contribution >= 4 is 22.7 Å². The van der Waals surface area contributed by atoms with Gasteiger partial charge in [-0.1, -0.05) is 18.2 Å². The Morgan fingerprint density at radius 2 is 2.00 bits per heavy atom. The number of nitrogens with zero attached hydrogens (tertiary/aromatic N) is 5. The van der Waals surface area contributed by atoms with Crippen molar-refractivity contribution in [3.8, 4) is 17.5 Å². The summed E-state index contributed by atoms with van der Waals surface area (Å²) >= 11 is 0. The van der Waals surface area contributed by atoms with Gasteiger partial charge in [0.05, 0.1) is 6.20 Å². The van der Waals surface area contributed by atoms with Gasteiger partial charge in [-0.05, 0) is 12.1 Å². The third kappa shape index (κ3) is 1.56. The summed E-state index contributed by atoms with van der Waals surface area (Å²) in [5.41, 5.74) is 8.23. The average molecular weight is 276 g/mol. The van der Waals surface area contributed by atoms with Gasteiger partial charge in [0.25, 0.3) is 5.71 Å². The maximum atomic E-state index is 9.04. The summed E-state index contributed by atoms with van der Waals surface area (Å²) in [4.78, 5) is 8.54. The van der Waals surface area contributed by atoms with Gasteiger partial charge in [-0.15, -0.1) is 0 Å². The van der Waals surface area contributed by atoms with Crippen LogP contribution >= 0.6 is 0 Å². The zero-order valence-electron chi connectivity index (χ0n) is 10.7. The third-order valence-electron chi connectivity index (χ3n) is 3.16. The molecule has 3 aromatic heterocycles. The molecule has 0 bridgehead atoms. The standard InChI is InChI=1S/C14H8N6O/c15-6-9-7-17-20-12(9)19-11(16)10-14(20)21-13(18-10)8-4-2-1-3-5-8/h1-5,7H,(H2,16,19). The second-order valence-corrected chi connectivity index (χ2v) is 4.44. The van der Waals surface area contributed by atoms with Crippen molar-refractivity contribution in [2.45, 2.75) is 0 Å². The van der Waals surface area contributed by atoms with E-state index in [0.29, 0.717) is 28.3 Å². The number of benzene rings is 1. The predicted octanol–water partition coefficient (Wildman–Crippen LogP) is 1.99. The first-order chi connectivity index (χ1) is 10.3. The average Bonchev–Trinajstić information content (AvgIpc) is 3.12. The Balaban J connectivity index is 2.08. The van der Waals surface area contributed by atoms with E-state index in [9.17, 15) is 0 Å². The van der Waals surface area contributed by atoms with Crippen molar-refractivity contribution in [2.75, 3.05) is 5.73 Å². The van der Waals surface area contributed by atoms with Crippen molar-refractivity contribution in [2.24, 2.45) is 0 Å². The van der Waals surface area contributed by atoms with Crippen molar-refractivity contribution < 1.29 is 4.42 Å². The Morgan fingerprint density at radius 3 is 2.76 bits per heavy atom. The minimum Gasteiger partial charge on any atom is -0.417 e. The molecule has 0 atom stereocenters. The number of hydrogen-bond donors (Lipinski definition) is 1. The molecule has 0 aliphatic rings. The summed E-state index contributed by atoms with van der Waals surface area (Å²) in [7, 11) is 0. The molecule has 0 aliphatic carbocycles. The van der Waals surface area contributed by atoms with Gasteiger partial charge in [0.2, 0.25) is 5.89 Å². The summed E-state index contributed by atoms with van der Waals surface area (Å²) in [6.45, 7) is 0. The number of anilines is 1. The van der Waals surface area contributed by atoms with E-state index < -0.39 is 0 Å². The van der Waals surface area contributed by atoms with E-state index in [4.69, 9.17) is 15.4 Å². The zero-order valence-corrected chi connectivity index (χ0v) is 10.7. The summed E-state index contributed by atoms with van der Waals surface area (Å²) in [5, 5.41) is 13.1. The molecule has 0 fully saturated rings. The molecular formula is C14H8N6O. The molecule has 4 rings (SSSR count). The first-order valence-corrected chi connectivity index (χ1v) is 6.17. The number of nitrogens with two attached hydrogens (primary N) is 1. The van der Waals surface area contributed by atoms with Crippen molar-refractivity contribution in [3.05, 3.63) is 42.1 Å². The molecular weight excluding hydrogens is 268 g/mol. The van der Waals surface area contributed by atoms with E-state index in [1.54, 1.807) is 0 Å². The first-order valence-electron chi connectivity index (χ1n) is 6.17. The molecule has 4 aromatic rings. The Bertz CT molecular complexity index is 1010. The number of nitriles is 1. The fraction of sp³-hybridized carbons (Fsp3) is 0. The largest absolute Gasteiger partial charge is 0.417 e. The first kappa shape index (κ1) is 11.4. The highest BCUT2D eigenvalue weighted by Gasteiger charge is 2.17. The van der Waals surface area contributed by atoms with Crippen LogP contribution in [0.15, 0.2) is 40.9 Å². The molecule has 0 saturated carbocycles. The molecule has 0 saturated heterocycles. The highest BCUT2D eigenvalue weighted by molar-refractivity contribution is 5.85. The molecule has 0 spiro atoms. The van der Waals surface area contributed by atoms with Gasteiger partial charge in [0.1, 0.15) is 11.6 Å². The number of aromatic nitrogens is 4. The van der Waals surface area contributed by atoms with Crippen LogP contribution in [0, 0.1) is 11.3 Å². The molecule has 0 radical (unpaired) electrons. The topological polar surface area (TPSA) is 106 Å². The number of fused-ring (bicyclic) bond motifs is 3. The van der Waals surface area contributed by atoms with Gasteiger partial charge in [-0.2, -0.15) is 14.9 Å².